The van der Waals surface area contributed by atoms with E-state index in [0.29, 0.717) is 34.5 Å². The van der Waals surface area contributed by atoms with Crippen molar-refractivity contribution in [2.45, 2.75) is 31.8 Å². The van der Waals surface area contributed by atoms with Gasteiger partial charge in [0.05, 0.1) is 39.7 Å². The summed E-state index contributed by atoms with van der Waals surface area (Å²) in [7, 11) is 0. The van der Waals surface area contributed by atoms with Crippen LogP contribution in [0.4, 0.5) is 5.69 Å². The lowest BCUT2D eigenvalue weighted by Crippen LogP contribution is -2.50. The van der Waals surface area contributed by atoms with Gasteiger partial charge in [0.1, 0.15) is 11.4 Å². The molecule has 1 spiro atoms. The van der Waals surface area contributed by atoms with Crippen LogP contribution in [0.5, 0.6) is 0 Å². The summed E-state index contributed by atoms with van der Waals surface area (Å²) in [4.78, 5) is 60.0. The number of fused-ring (bicyclic) bond motifs is 8. The van der Waals surface area contributed by atoms with Gasteiger partial charge in [-0.3, -0.25) is 24.3 Å². The first kappa shape index (κ1) is 24.4. The topological polar surface area (TPSA) is 122 Å². The van der Waals surface area contributed by atoms with E-state index in [1.807, 2.05) is 30.3 Å². The number of carbonyl (C=O) groups excluding carboxylic acids is 2. The number of nitrogens with one attached hydrogen (secondary N) is 1. The highest BCUT2D eigenvalue weighted by atomic mass is 16.4. The van der Waals surface area contributed by atoms with Gasteiger partial charge in [-0.15, -0.1) is 0 Å². The summed E-state index contributed by atoms with van der Waals surface area (Å²) in [5.41, 5.74) is 0.855. The minimum absolute atomic E-state index is 0.0629. The highest BCUT2D eigenvalue weighted by Crippen LogP contribution is 2.56. The molecule has 3 aliphatic rings. The van der Waals surface area contributed by atoms with Gasteiger partial charge in [-0.05, 0) is 54.8 Å². The van der Waals surface area contributed by atoms with Gasteiger partial charge in [-0.2, -0.15) is 0 Å². The molecule has 9 heteroatoms. The van der Waals surface area contributed by atoms with Crippen molar-refractivity contribution >= 4 is 34.4 Å². The Kier molecular flexibility index (Phi) is 5.15. The van der Waals surface area contributed by atoms with Crippen molar-refractivity contribution in [3.63, 3.8) is 0 Å². The molecular formula is C31H26N4O5. The lowest BCUT2D eigenvalue weighted by atomic mass is 9.75. The second-order valence-electron chi connectivity index (χ2n) is 11.2. The highest BCUT2D eigenvalue weighted by Gasteiger charge is 2.69. The van der Waals surface area contributed by atoms with Crippen LogP contribution >= 0.6 is 0 Å². The fourth-order valence-corrected chi connectivity index (χ4v) is 6.94. The van der Waals surface area contributed by atoms with E-state index >= 15 is 0 Å². The van der Waals surface area contributed by atoms with Crippen LogP contribution in [0, 0.1) is 17.8 Å². The fourth-order valence-electron chi connectivity index (χ4n) is 6.94. The minimum Gasteiger partial charge on any atom is -0.478 e. The summed E-state index contributed by atoms with van der Waals surface area (Å²) in [5.74, 6) is -2.76. The molecule has 0 saturated carbocycles. The Bertz CT molecular complexity index is 1810. The molecule has 1 aromatic heterocycles. The summed E-state index contributed by atoms with van der Waals surface area (Å²) < 4.78 is 1.58. The first-order chi connectivity index (χ1) is 19.2. The Morgan fingerprint density at radius 3 is 2.40 bits per heavy atom. The van der Waals surface area contributed by atoms with E-state index < -0.39 is 29.3 Å². The molecule has 0 radical (unpaired) electrons. The predicted octanol–water partition coefficient (Wildman–Crippen LogP) is 3.46. The molecule has 0 unspecified atom stereocenters. The molecule has 3 aromatic carbocycles. The van der Waals surface area contributed by atoms with Crippen molar-refractivity contribution in [2.24, 2.45) is 17.8 Å². The molecule has 2 fully saturated rings. The molecule has 2 saturated heterocycles. The number of imide groups is 1. The first-order valence-corrected chi connectivity index (χ1v) is 13.3. The van der Waals surface area contributed by atoms with E-state index in [-0.39, 0.29) is 29.0 Å². The largest absolute Gasteiger partial charge is 0.478 e. The number of aromatic nitrogens is 2. The molecule has 4 aromatic rings. The number of amides is 2. The lowest BCUT2D eigenvalue weighted by Gasteiger charge is -2.32. The molecule has 9 nitrogen and oxygen atoms in total. The van der Waals surface area contributed by atoms with Gasteiger partial charge in [0.25, 0.3) is 5.56 Å². The maximum Gasteiger partial charge on any atom is 0.335 e. The molecule has 4 heterocycles. The quantitative estimate of drug-likeness (QED) is 0.385. The number of carboxylic acids is 1. The fraction of sp³-hybridized carbons (Fsp3) is 0.258. The number of nitrogens with zero attached hydrogens (tertiary/aromatic N) is 3. The van der Waals surface area contributed by atoms with Crippen molar-refractivity contribution in [1.82, 2.24) is 14.9 Å². The molecule has 7 rings (SSSR count). The van der Waals surface area contributed by atoms with Crippen LogP contribution < -0.4 is 15.8 Å². The van der Waals surface area contributed by atoms with E-state index in [2.05, 4.69) is 19.2 Å². The second-order valence-corrected chi connectivity index (χ2v) is 11.2. The monoisotopic (exact) mass is 534 g/mol. The number of rotatable bonds is 4. The number of carboxylic acid groups (broad SMARTS) is 1. The normalized spacial score (nSPS) is 24.7. The van der Waals surface area contributed by atoms with Gasteiger partial charge < -0.3 is 5.11 Å². The van der Waals surface area contributed by atoms with Crippen molar-refractivity contribution < 1.29 is 19.5 Å². The highest BCUT2D eigenvalue weighted by molar-refractivity contribution is 6.23. The van der Waals surface area contributed by atoms with Crippen molar-refractivity contribution in [3.8, 4) is 5.69 Å². The molecule has 2 N–H and O–H groups in total. The average molecular weight is 535 g/mol. The molecule has 4 atom stereocenters. The van der Waals surface area contributed by atoms with Gasteiger partial charge in [0.15, 0.2) is 0 Å². The van der Waals surface area contributed by atoms with Gasteiger partial charge in [0, 0.05) is 11.6 Å². The number of para-hydroxylation sites is 2. The molecule has 200 valence electrons. The van der Waals surface area contributed by atoms with E-state index in [1.165, 1.54) is 29.2 Å². The summed E-state index contributed by atoms with van der Waals surface area (Å²) >= 11 is 0. The third kappa shape index (κ3) is 3.09. The molecule has 40 heavy (non-hydrogen) atoms. The molecular weight excluding hydrogens is 508 g/mol. The lowest BCUT2D eigenvalue weighted by molar-refractivity contribution is -0.123. The van der Waals surface area contributed by atoms with Crippen LogP contribution in [0.3, 0.4) is 0 Å². The van der Waals surface area contributed by atoms with Gasteiger partial charge in [-0.25, -0.2) is 14.7 Å². The number of anilines is 1. The Morgan fingerprint density at radius 1 is 0.975 bits per heavy atom. The summed E-state index contributed by atoms with van der Waals surface area (Å²) in [6, 6.07) is 20.0. The van der Waals surface area contributed by atoms with E-state index in [9.17, 15) is 24.3 Å². The Hall–Kier alpha value is -4.63. The Balaban J connectivity index is 1.48. The number of carbonyl (C=O) groups is 3. The van der Waals surface area contributed by atoms with E-state index in [1.54, 1.807) is 22.8 Å². The van der Waals surface area contributed by atoms with Crippen LogP contribution in [-0.4, -0.2) is 38.5 Å². The van der Waals surface area contributed by atoms with Crippen LogP contribution in [0.2, 0.25) is 0 Å². The summed E-state index contributed by atoms with van der Waals surface area (Å²) in [6.45, 7) is 4.14. The second kappa shape index (κ2) is 8.43. The zero-order valence-corrected chi connectivity index (χ0v) is 21.9. The van der Waals surface area contributed by atoms with Crippen LogP contribution in [0.1, 0.15) is 42.0 Å². The maximum atomic E-state index is 14.4. The number of aromatic carboxylic acids is 1. The zero-order chi connectivity index (χ0) is 27.9. The van der Waals surface area contributed by atoms with Crippen LogP contribution in [-0.2, 0) is 15.1 Å². The third-order valence-electron chi connectivity index (χ3n) is 8.46. The van der Waals surface area contributed by atoms with Gasteiger partial charge >= 0.3 is 5.97 Å². The average Bonchev–Trinajstić information content (AvgIpc) is 3.51. The summed E-state index contributed by atoms with van der Waals surface area (Å²) in [6.07, 6.45) is 0.633. The predicted molar refractivity (Wildman–Crippen MR) is 147 cm³/mol. The molecule has 3 aliphatic heterocycles. The number of hydrogen-bond donors (Lipinski definition) is 2. The van der Waals surface area contributed by atoms with Crippen molar-refractivity contribution in [2.75, 3.05) is 4.90 Å². The summed E-state index contributed by atoms with van der Waals surface area (Å²) in [5, 5.41) is 13.5. The maximum absolute atomic E-state index is 14.4. The molecule has 2 amide bonds. The van der Waals surface area contributed by atoms with E-state index in [4.69, 9.17) is 4.98 Å². The SMILES string of the molecule is CC(C)C[C@H]1N[C@@]2(c3ccccc3-n3c2nc2ccccc2c3=O)[C@H]2C(=O)N(c3ccc(C(=O)O)cc3)C(=O)[C@H]12. The Labute approximate surface area is 229 Å². The number of hydrogen-bond acceptors (Lipinski definition) is 6. The standard InChI is InChI=1S/C31H26N4O5/c1-16(2)15-22-24-25(28(38)34(27(24)37)18-13-11-17(12-14-18)29(39)40)31(33-22)20-8-4-6-10-23(20)35-26(36)19-7-3-5-9-21(19)32-30(31)35/h3-14,16,22,24-25,33H,15H2,1-2H3,(H,39,40)/t22-,24-,25-,31+/m1/s1. The number of benzene rings is 3. The van der Waals surface area contributed by atoms with Crippen molar-refractivity contribution in [1.29, 1.82) is 0 Å². The Morgan fingerprint density at radius 2 is 1.68 bits per heavy atom. The minimum atomic E-state index is -1.20. The van der Waals surface area contributed by atoms with Crippen molar-refractivity contribution in [3.05, 3.63) is 100 Å². The molecule has 0 bridgehead atoms. The molecule has 0 aliphatic carbocycles. The smallest absolute Gasteiger partial charge is 0.335 e. The van der Waals surface area contributed by atoms with Crippen LogP contribution in [0.25, 0.3) is 16.6 Å². The van der Waals surface area contributed by atoms with Crippen LogP contribution in [0.15, 0.2) is 77.6 Å². The van der Waals surface area contributed by atoms with Gasteiger partial charge in [-0.1, -0.05) is 44.2 Å². The first-order valence-electron chi connectivity index (χ1n) is 13.3. The van der Waals surface area contributed by atoms with E-state index in [0.717, 1.165) is 5.56 Å². The third-order valence-corrected chi connectivity index (χ3v) is 8.46. The van der Waals surface area contributed by atoms with Gasteiger partial charge in [0.2, 0.25) is 11.8 Å². The zero-order valence-electron chi connectivity index (χ0n) is 21.9.